The van der Waals surface area contributed by atoms with Crippen molar-refractivity contribution in [3.63, 3.8) is 0 Å². The van der Waals surface area contributed by atoms with E-state index >= 15 is 0 Å². The number of carbonyl (C=O) groups is 1. The van der Waals surface area contributed by atoms with Crippen LogP contribution in [0.1, 0.15) is 18.4 Å². The highest BCUT2D eigenvalue weighted by atomic mass is 19.4. The molecule has 0 aromatic heterocycles. The SMILES string of the molecule is NC(=O)NCc1ccc(Nc2ccc(N3CCC(C(F)(F)F)CC3)cc2)cc1. The minimum Gasteiger partial charge on any atom is -0.372 e. The van der Waals surface area contributed by atoms with Gasteiger partial charge in [0.1, 0.15) is 0 Å². The maximum Gasteiger partial charge on any atom is 0.391 e. The lowest BCUT2D eigenvalue weighted by molar-refractivity contribution is -0.179. The maximum atomic E-state index is 12.8. The molecule has 3 rings (SSSR count). The van der Waals surface area contributed by atoms with Crippen molar-refractivity contribution in [3.05, 3.63) is 54.1 Å². The second-order valence-electron chi connectivity index (χ2n) is 6.89. The largest absolute Gasteiger partial charge is 0.391 e. The van der Waals surface area contributed by atoms with Crippen LogP contribution in [0.4, 0.5) is 35.0 Å². The zero-order valence-electron chi connectivity index (χ0n) is 15.3. The van der Waals surface area contributed by atoms with E-state index in [-0.39, 0.29) is 12.8 Å². The number of nitrogens with two attached hydrogens (primary N) is 1. The number of alkyl halides is 3. The van der Waals surface area contributed by atoms with Gasteiger partial charge in [-0.05, 0) is 54.8 Å². The summed E-state index contributed by atoms with van der Waals surface area (Å²) in [5.41, 5.74) is 8.69. The number of piperidine rings is 1. The number of carbonyl (C=O) groups excluding carboxylic acids is 1. The van der Waals surface area contributed by atoms with Crippen LogP contribution in [0.5, 0.6) is 0 Å². The number of urea groups is 1. The van der Waals surface area contributed by atoms with Crippen molar-refractivity contribution in [3.8, 4) is 0 Å². The van der Waals surface area contributed by atoms with Crippen molar-refractivity contribution in [2.24, 2.45) is 11.7 Å². The summed E-state index contributed by atoms with van der Waals surface area (Å²) in [6.07, 6.45) is -3.81. The Labute approximate surface area is 161 Å². The van der Waals surface area contributed by atoms with Gasteiger partial charge >= 0.3 is 12.2 Å². The lowest BCUT2D eigenvalue weighted by Gasteiger charge is -2.34. The molecule has 1 aliphatic heterocycles. The first-order valence-electron chi connectivity index (χ1n) is 9.12. The van der Waals surface area contributed by atoms with E-state index in [2.05, 4.69) is 10.6 Å². The predicted molar refractivity (Wildman–Crippen MR) is 104 cm³/mol. The third kappa shape index (κ3) is 5.31. The minimum absolute atomic E-state index is 0.139. The van der Waals surface area contributed by atoms with Crippen LogP contribution in [0.15, 0.2) is 48.5 Å². The van der Waals surface area contributed by atoms with Crippen LogP contribution in [0.25, 0.3) is 0 Å². The predicted octanol–water partition coefficient (Wildman–Crippen LogP) is 4.38. The molecule has 0 atom stereocenters. The summed E-state index contributed by atoms with van der Waals surface area (Å²) in [4.78, 5) is 12.7. The number of anilines is 3. The first-order chi connectivity index (χ1) is 13.3. The Balaban J connectivity index is 1.54. The van der Waals surface area contributed by atoms with E-state index in [0.29, 0.717) is 19.6 Å². The molecule has 1 heterocycles. The third-order valence-electron chi connectivity index (χ3n) is 4.90. The van der Waals surface area contributed by atoms with E-state index in [9.17, 15) is 18.0 Å². The third-order valence-corrected chi connectivity index (χ3v) is 4.90. The molecular formula is C20H23F3N4O. The summed E-state index contributed by atoms with van der Waals surface area (Å²) < 4.78 is 38.3. The molecule has 0 bridgehead atoms. The van der Waals surface area contributed by atoms with Crippen molar-refractivity contribution >= 4 is 23.1 Å². The Bertz CT molecular complexity index is 783. The number of nitrogens with one attached hydrogen (secondary N) is 2. The molecular weight excluding hydrogens is 369 g/mol. The van der Waals surface area contributed by atoms with Gasteiger partial charge in [-0.1, -0.05) is 12.1 Å². The number of amides is 2. The van der Waals surface area contributed by atoms with Gasteiger partial charge in [0.05, 0.1) is 5.92 Å². The minimum atomic E-state index is -4.09. The quantitative estimate of drug-likeness (QED) is 0.707. The summed E-state index contributed by atoms with van der Waals surface area (Å²) in [5.74, 6) is -1.19. The average Bonchev–Trinajstić information content (AvgIpc) is 2.67. The van der Waals surface area contributed by atoms with E-state index in [1.54, 1.807) is 0 Å². The Morgan fingerprint density at radius 3 is 2.04 bits per heavy atom. The fourth-order valence-corrected chi connectivity index (χ4v) is 3.28. The van der Waals surface area contributed by atoms with Gasteiger partial charge in [0.25, 0.3) is 0 Å². The highest BCUT2D eigenvalue weighted by molar-refractivity contribution is 5.71. The fourth-order valence-electron chi connectivity index (χ4n) is 3.28. The van der Waals surface area contributed by atoms with Gasteiger partial charge in [0.15, 0.2) is 0 Å². The Hall–Kier alpha value is -2.90. The molecule has 1 fully saturated rings. The summed E-state index contributed by atoms with van der Waals surface area (Å²) >= 11 is 0. The summed E-state index contributed by atoms with van der Waals surface area (Å²) in [6.45, 7) is 1.20. The van der Waals surface area contributed by atoms with Crippen LogP contribution in [0.2, 0.25) is 0 Å². The van der Waals surface area contributed by atoms with Crippen LogP contribution in [-0.2, 0) is 6.54 Å². The van der Waals surface area contributed by atoms with Crippen LogP contribution in [0.3, 0.4) is 0 Å². The number of benzene rings is 2. The lowest BCUT2D eigenvalue weighted by atomic mass is 9.96. The second-order valence-corrected chi connectivity index (χ2v) is 6.89. The number of nitrogens with zero attached hydrogens (tertiary/aromatic N) is 1. The molecule has 5 nitrogen and oxygen atoms in total. The van der Waals surface area contributed by atoms with Crippen LogP contribution in [0, 0.1) is 5.92 Å². The van der Waals surface area contributed by atoms with E-state index in [0.717, 1.165) is 22.6 Å². The van der Waals surface area contributed by atoms with Crippen molar-refractivity contribution in [1.82, 2.24) is 5.32 Å². The van der Waals surface area contributed by atoms with E-state index < -0.39 is 18.1 Å². The van der Waals surface area contributed by atoms with E-state index in [1.807, 2.05) is 53.4 Å². The fraction of sp³-hybridized carbons (Fsp3) is 0.350. The zero-order valence-corrected chi connectivity index (χ0v) is 15.3. The number of rotatable bonds is 5. The molecule has 0 aliphatic carbocycles. The highest BCUT2D eigenvalue weighted by Gasteiger charge is 2.41. The number of halogens is 3. The van der Waals surface area contributed by atoms with E-state index in [1.165, 1.54) is 0 Å². The van der Waals surface area contributed by atoms with Crippen LogP contribution >= 0.6 is 0 Å². The van der Waals surface area contributed by atoms with Gasteiger partial charge in [0.2, 0.25) is 0 Å². The molecule has 1 aliphatic rings. The normalized spacial score (nSPS) is 15.3. The topological polar surface area (TPSA) is 70.4 Å². The van der Waals surface area contributed by atoms with Crippen LogP contribution < -0.4 is 21.3 Å². The smallest absolute Gasteiger partial charge is 0.372 e. The number of hydrogen-bond acceptors (Lipinski definition) is 3. The molecule has 28 heavy (non-hydrogen) atoms. The van der Waals surface area contributed by atoms with Gasteiger partial charge in [-0.25, -0.2) is 4.79 Å². The zero-order chi connectivity index (χ0) is 20.1. The van der Waals surface area contributed by atoms with Crippen molar-refractivity contribution in [1.29, 1.82) is 0 Å². The van der Waals surface area contributed by atoms with Gasteiger partial charge in [-0.15, -0.1) is 0 Å². The molecule has 8 heteroatoms. The van der Waals surface area contributed by atoms with Crippen molar-refractivity contribution in [2.75, 3.05) is 23.3 Å². The first kappa shape index (κ1) is 19.9. The molecule has 1 saturated heterocycles. The molecule has 4 N–H and O–H groups in total. The number of primary amides is 1. The Morgan fingerprint density at radius 2 is 1.54 bits per heavy atom. The van der Waals surface area contributed by atoms with Crippen molar-refractivity contribution in [2.45, 2.75) is 25.6 Å². The molecule has 0 spiro atoms. The van der Waals surface area contributed by atoms with Gasteiger partial charge in [0, 0.05) is 36.7 Å². The van der Waals surface area contributed by atoms with Gasteiger partial charge in [-0.3, -0.25) is 0 Å². The maximum absolute atomic E-state index is 12.8. The molecule has 0 unspecified atom stereocenters. The molecule has 0 radical (unpaired) electrons. The lowest BCUT2D eigenvalue weighted by Crippen LogP contribution is -2.38. The molecule has 0 saturated carbocycles. The van der Waals surface area contributed by atoms with E-state index in [4.69, 9.17) is 5.73 Å². The second kappa shape index (κ2) is 8.41. The molecule has 2 amide bonds. The number of hydrogen-bond donors (Lipinski definition) is 3. The Morgan fingerprint density at radius 1 is 1.00 bits per heavy atom. The first-order valence-corrected chi connectivity index (χ1v) is 9.12. The van der Waals surface area contributed by atoms with Gasteiger partial charge in [-0.2, -0.15) is 13.2 Å². The molecule has 150 valence electrons. The monoisotopic (exact) mass is 392 g/mol. The van der Waals surface area contributed by atoms with Gasteiger partial charge < -0.3 is 21.3 Å². The molecule has 2 aromatic carbocycles. The summed E-state index contributed by atoms with van der Waals surface area (Å²) in [6, 6.07) is 14.7. The summed E-state index contributed by atoms with van der Waals surface area (Å²) in [7, 11) is 0. The molecule has 2 aromatic rings. The Kier molecular flexibility index (Phi) is 5.96. The summed E-state index contributed by atoms with van der Waals surface area (Å²) in [5, 5.41) is 5.80. The highest BCUT2D eigenvalue weighted by Crippen LogP contribution is 2.35. The van der Waals surface area contributed by atoms with Crippen LogP contribution in [-0.4, -0.2) is 25.3 Å². The average molecular weight is 392 g/mol. The van der Waals surface area contributed by atoms with Crippen molar-refractivity contribution < 1.29 is 18.0 Å². The standard InChI is InChI=1S/C20H23F3N4O/c21-20(22,23)15-9-11-27(12-10-15)18-7-5-17(6-8-18)26-16-3-1-14(2-4-16)13-25-19(24)28/h1-8,15,26H,9-13H2,(H3,24,25,28).